The van der Waals surface area contributed by atoms with E-state index >= 15 is 0 Å². The molecule has 4 nitrogen and oxygen atoms in total. The zero-order chi connectivity index (χ0) is 14.4. The molecule has 118 valence electrons. The Morgan fingerprint density at radius 1 is 1.30 bits per heavy atom. The molecule has 2 rings (SSSR count). The lowest BCUT2D eigenvalue weighted by Crippen LogP contribution is -2.57. The molecule has 1 N–H and O–H groups in total. The predicted molar refractivity (Wildman–Crippen MR) is 82.1 cm³/mol. The molecule has 2 heterocycles. The van der Waals surface area contributed by atoms with E-state index in [0.29, 0.717) is 24.1 Å². The second-order valence-corrected chi connectivity index (χ2v) is 6.46. The zero-order valence-corrected chi connectivity index (χ0v) is 13.4. The summed E-state index contributed by atoms with van der Waals surface area (Å²) in [5, 5.41) is 3.74. The number of ether oxygens (including phenoxy) is 2. The van der Waals surface area contributed by atoms with Crippen molar-refractivity contribution < 1.29 is 9.47 Å². The van der Waals surface area contributed by atoms with Gasteiger partial charge in [0.05, 0.1) is 19.3 Å². The van der Waals surface area contributed by atoms with Crippen molar-refractivity contribution in [3.63, 3.8) is 0 Å². The van der Waals surface area contributed by atoms with Crippen LogP contribution in [0.25, 0.3) is 0 Å². The van der Waals surface area contributed by atoms with E-state index in [2.05, 4.69) is 31.0 Å². The molecule has 4 heteroatoms. The third kappa shape index (κ3) is 4.42. The Kier molecular flexibility index (Phi) is 6.75. The Morgan fingerprint density at radius 3 is 2.80 bits per heavy atom. The van der Waals surface area contributed by atoms with Crippen LogP contribution < -0.4 is 5.32 Å². The molecule has 0 amide bonds. The highest BCUT2D eigenvalue weighted by Gasteiger charge is 2.34. The molecule has 0 bridgehead atoms. The van der Waals surface area contributed by atoms with E-state index in [0.717, 1.165) is 39.5 Å². The van der Waals surface area contributed by atoms with Crippen molar-refractivity contribution in [2.45, 2.75) is 58.2 Å². The highest BCUT2D eigenvalue weighted by molar-refractivity contribution is 4.89. The first-order chi connectivity index (χ1) is 9.72. The summed E-state index contributed by atoms with van der Waals surface area (Å²) in [5.41, 5.74) is 0. The Bertz CT molecular complexity index is 267. The third-order valence-corrected chi connectivity index (χ3v) is 4.59. The molecular weight excluding hydrogens is 252 g/mol. The van der Waals surface area contributed by atoms with E-state index < -0.39 is 0 Å². The zero-order valence-electron chi connectivity index (χ0n) is 13.4. The van der Waals surface area contributed by atoms with E-state index in [1.807, 2.05) is 0 Å². The molecule has 20 heavy (non-hydrogen) atoms. The van der Waals surface area contributed by atoms with E-state index in [9.17, 15) is 0 Å². The van der Waals surface area contributed by atoms with Crippen molar-refractivity contribution in [3.05, 3.63) is 0 Å². The lowest BCUT2D eigenvalue weighted by molar-refractivity contribution is -0.0784. The summed E-state index contributed by atoms with van der Waals surface area (Å²) in [6, 6.07) is 1.05. The monoisotopic (exact) mass is 284 g/mol. The summed E-state index contributed by atoms with van der Waals surface area (Å²) >= 11 is 0. The van der Waals surface area contributed by atoms with Crippen molar-refractivity contribution in [2.75, 3.05) is 39.5 Å². The maximum Gasteiger partial charge on any atom is 0.0858 e. The standard InChI is InChI=1S/C16H32N2O2/c1-4-7-17-16(14-6-5-9-19-12-14)15-11-18(13(2)3)8-10-20-15/h13-17H,4-12H2,1-3H3. The van der Waals surface area contributed by atoms with Crippen LogP contribution in [0, 0.1) is 5.92 Å². The molecule has 0 aromatic rings. The smallest absolute Gasteiger partial charge is 0.0858 e. The van der Waals surface area contributed by atoms with Gasteiger partial charge in [-0.2, -0.15) is 0 Å². The molecular formula is C16H32N2O2. The maximum absolute atomic E-state index is 6.11. The molecule has 0 spiro atoms. The molecule has 3 unspecified atom stereocenters. The number of hydrogen-bond acceptors (Lipinski definition) is 4. The number of nitrogens with zero attached hydrogens (tertiary/aromatic N) is 1. The van der Waals surface area contributed by atoms with Gasteiger partial charge in [-0.1, -0.05) is 6.92 Å². The van der Waals surface area contributed by atoms with Crippen LogP contribution in [0.4, 0.5) is 0 Å². The molecule has 0 aromatic heterocycles. The fraction of sp³-hybridized carbons (Fsp3) is 1.00. The van der Waals surface area contributed by atoms with Crippen molar-refractivity contribution in [1.29, 1.82) is 0 Å². The second-order valence-electron chi connectivity index (χ2n) is 6.46. The minimum atomic E-state index is 0.310. The highest BCUT2D eigenvalue weighted by Crippen LogP contribution is 2.23. The van der Waals surface area contributed by atoms with Gasteiger partial charge in [-0.05, 0) is 39.7 Å². The normalized spacial score (nSPS) is 30.6. The molecule has 0 saturated carbocycles. The van der Waals surface area contributed by atoms with Crippen LogP contribution in [0.15, 0.2) is 0 Å². The minimum Gasteiger partial charge on any atom is -0.381 e. The first-order valence-electron chi connectivity index (χ1n) is 8.39. The van der Waals surface area contributed by atoms with Gasteiger partial charge in [-0.25, -0.2) is 0 Å². The van der Waals surface area contributed by atoms with Crippen LogP contribution in [-0.4, -0.2) is 62.5 Å². The number of hydrogen-bond donors (Lipinski definition) is 1. The van der Waals surface area contributed by atoms with Crippen LogP contribution in [0.3, 0.4) is 0 Å². The number of morpholine rings is 1. The fourth-order valence-corrected chi connectivity index (χ4v) is 3.34. The van der Waals surface area contributed by atoms with Crippen molar-refractivity contribution >= 4 is 0 Å². The van der Waals surface area contributed by atoms with Crippen molar-refractivity contribution in [2.24, 2.45) is 5.92 Å². The van der Waals surface area contributed by atoms with E-state index in [4.69, 9.17) is 9.47 Å². The maximum atomic E-state index is 6.11. The Labute approximate surface area is 124 Å². The van der Waals surface area contributed by atoms with Crippen LogP contribution in [0.5, 0.6) is 0 Å². The van der Waals surface area contributed by atoms with Crippen molar-refractivity contribution in [3.8, 4) is 0 Å². The fourth-order valence-electron chi connectivity index (χ4n) is 3.34. The molecule has 2 saturated heterocycles. The van der Waals surface area contributed by atoms with Crippen LogP contribution in [0.1, 0.15) is 40.0 Å². The van der Waals surface area contributed by atoms with Gasteiger partial charge < -0.3 is 14.8 Å². The lowest BCUT2D eigenvalue weighted by atomic mass is 9.89. The van der Waals surface area contributed by atoms with E-state index in [-0.39, 0.29) is 0 Å². The van der Waals surface area contributed by atoms with Gasteiger partial charge in [0.25, 0.3) is 0 Å². The molecule has 0 aromatic carbocycles. The summed E-state index contributed by atoms with van der Waals surface area (Å²) in [7, 11) is 0. The Hall–Kier alpha value is -0.160. The topological polar surface area (TPSA) is 33.7 Å². The summed E-state index contributed by atoms with van der Waals surface area (Å²) < 4.78 is 11.8. The average molecular weight is 284 g/mol. The molecule has 0 radical (unpaired) electrons. The van der Waals surface area contributed by atoms with Crippen molar-refractivity contribution in [1.82, 2.24) is 10.2 Å². The molecule has 2 aliphatic rings. The minimum absolute atomic E-state index is 0.310. The quantitative estimate of drug-likeness (QED) is 0.807. The average Bonchev–Trinajstić information content (AvgIpc) is 2.49. The lowest BCUT2D eigenvalue weighted by Gasteiger charge is -2.42. The van der Waals surface area contributed by atoms with Crippen LogP contribution in [0.2, 0.25) is 0 Å². The molecule has 2 fully saturated rings. The SMILES string of the molecule is CCCNC(C1CCCOC1)C1CN(C(C)C)CCO1. The van der Waals surface area contributed by atoms with Gasteiger partial charge >= 0.3 is 0 Å². The van der Waals surface area contributed by atoms with Crippen LogP contribution in [-0.2, 0) is 9.47 Å². The summed E-state index contributed by atoms with van der Waals surface area (Å²) in [4.78, 5) is 2.54. The van der Waals surface area contributed by atoms with Crippen LogP contribution >= 0.6 is 0 Å². The largest absolute Gasteiger partial charge is 0.381 e. The summed E-state index contributed by atoms with van der Waals surface area (Å²) in [6.45, 7) is 12.7. The van der Waals surface area contributed by atoms with Gasteiger partial charge in [0.2, 0.25) is 0 Å². The molecule has 0 aliphatic carbocycles. The number of nitrogens with one attached hydrogen (secondary N) is 1. The van der Waals surface area contributed by atoms with Gasteiger partial charge in [0, 0.05) is 37.7 Å². The molecule has 3 atom stereocenters. The summed E-state index contributed by atoms with van der Waals surface area (Å²) in [5.74, 6) is 0.604. The second kappa shape index (κ2) is 8.32. The first-order valence-corrected chi connectivity index (χ1v) is 8.39. The highest BCUT2D eigenvalue weighted by atomic mass is 16.5. The van der Waals surface area contributed by atoms with Gasteiger partial charge in [-0.15, -0.1) is 0 Å². The predicted octanol–water partition coefficient (Wildman–Crippen LogP) is 1.89. The van der Waals surface area contributed by atoms with Gasteiger partial charge in [0.15, 0.2) is 0 Å². The Morgan fingerprint density at radius 2 is 2.15 bits per heavy atom. The van der Waals surface area contributed by atoms with E-state index in [1.165, 1.54) is 19.3 Å². The van der Waals surface area contributed by atoms with Gasteiger partial charge in [0.1, 0.15) is 0 Å². The first kappa shape index (κ1) is 16.2. The van der Waals surface area contributed by atoms with E-state index in [1.54, 1.807) is 0 Å². The molecule has 2 aliphatic heterocycles. The number of rotatable bonds is 6. The Balaban J connectivity index is 1.96. The van der Waals surface area contributed by atoms with Gasteiger partial charge in [-0.3, -0.25) is 4.90 Å². The third-order valence-electron chi connectivity index (χ3n) is 4.59. The summed E-state index contributed by atoms with van der Waals surface area (Å²) in [6.07, 6.45) is 3.94.